The van der Waals surface area contributed by atoms with Gasteiger partial charge in [0.05, 0.1) is 4.57 Å². The Morgan fingerprint density at radius 3 is 2.17 bits per heavy atom. The monoisotopic (exact) mass is 248 g/mol. The normalized spacial score (nSPS) is 14.2. The summed E-state index contributed by atoms with van der Waals surface area (Å²) in [7, 11) is -4.56. The van der Waals surface area contributed by atoms with Crippen LogP contribution in [0.25, 0.3) is 0 Å². The highest BCUT2D eigenvalue weighted by Crippen LogP contribution is 2.48. The molecule has 0 aliphatic heterocycles. The van der Waals surface area contributed by atoms with Gasteiger partial charge in [-0.25, -0.2) is 0 Å². The number of hydrogen-bond acceptors (Lipinski definition) is 3. The maximum absolute atomic E-state index is 10.6. The van der Waals surface area contributed by atoms with Crippen LogP contribution < -0.4 is 9.79 Å². The molecule has 0 heterocycles. The highest BCUT2D eigenvalue weighted by atomic mass is 79.9. The van der Waals surface area contributed by atoms with Crippen LogP contribution in [0.3, 0.4) is 0 Å². The zero-order valence-electron chi connectivity index (χ0n) is 6.01. The largest absolute Gasteiger partial charge is 0.810 e. The van der Waals surface area contributed by atoms with E-state index in [1.54, 1.807) is 30.3 Å². The first-order chi connectivity index (χ1) is 5.52. The fourth-order valence-corrected chi connectivity index (χ4v) is 1.64. The van der Waals surface area contributed by atoms with Crippen molar-refractivity contribution in [1.29, 1.82) is 0 Å². The second-order valence-electron chi connectivity index (χ2n) is 2.29. The van der Waals surface area contributed by atoms with E-state index in [0.717, 1.165) is 0 Å². The van der Waals surface area contributed by atoms with Crippen LogP contribution in [0.4, 0.5) is 0 Å². The van der Waals surface area contributed by atoms with Gasteiger partial charge in [0.1, 0.15) is 0 Å². The second kappa shape index (κ2) is 3.71. The van der Waals surface area contributed by atoms with Gasteiger partial charge in [-0.15, -0.1) is 0 Å². The van der Waals surface area contributed by atoms with E-state index < -0.39 is 12.2 Å². The molecule has 0 fully saturated rings. The van der Waals surface area contributed by atoms with Gasteiger partial charge in [-0.05, 0) is 13.2 Å². The first kappa shape index (κ1) is 9.93. The smallest absolute Gasteiger partial charge is 0.0669 e. The van der Waals surface area contributed by atoms with Crippen molar-refractivity contribution >= 4 is 23.5 Å². The summed E-state index contributed by atoms with van der Waals surface area (Å²) in [4.78, 5) is 21.1. The van der Waals surface area contributed by atoms with E-state index >= 15 is 0 Å². The number of alkyl halides is 1. The molecule has 0 radical (unpaired) electrons. The molecule has 0 amide bonds. The average molecular weight is 249 g/mol. The van der Waals surface area contributed by atoms with Crippen molar-refractivity contribution in [3.63, 3.8) is 0 Å². The maximum Gasteiger partial charge on any atom is 0.0669 e. The van der Waals surface area contributed by atoms with Gasteiger partial charge in [0, 0.05) is 0 Å². The maximum atomic E-state index is 10.6. The molecule has 0 aromatic heterocycles. The lowest BCUT2D eigenvalue weighted by atomic mass is 10.2. The molecule has 1 rings (SSSR count). The van der Waals surface area contributed by atoms with Gasteiger partial charge in [-0.2, -0.15) is 0 Å². The Bertz CT molecular complexity index is 295. The number of rotatable bonds is 2. The molecule has 0 saturated heterocycles. The molecule has 0 aliphatic carbocycles. The van der Waals surface area contributed by atoms with Gasteiger partial charge < -0.3 is 14.4 Å². The van der Waals surface area contributed by atoms with E-state index in [2.05, 4.69) is 15.9 Å². The van der Waals surface area contributed by atoms with Crippen molar-refractivity contribution in [2.75, 3.05) is 0 Å². The zero-order chi connectivity index (χ0) is 9.19. The second-order valence-corrected chi connectivity index (χ2v) is 5.51. The minimum absolute atomic E-state index is 0.464. The first-order valence-corrected chi connectivity index (χ1v) is 5.75. The van der Waals surface area contributed by atoms with Gasteiger partial charge in [0.25, 0.3) is 0 Å². The lowest BCUT2D eigenvalue weighted by molar-refractivity contribution is -0.314. The summed E-state index contributed by atoms with van der Waals surface area (Å²) in [6.45, 7) is 0. The van der Waals surface area contributed by atoms with Gasteiger partial charge >= 0.3 is 0 Å². The van der Waals surface area contributed by atoms with Crippen LogP contribution in [0.1, 0.15) is 10.1 Å². The summed E-state index contributed by atoms with van der Waals surface area (Å²) < 4.78 is 9.44. The summed E-state index contributed by atoms with van der Waals surface area (Å²) in [5.41, 5.74) is 0.464. The molecule has 1 atom stereocenters. The highest BCUT2D eigenvalue weighted by Gasteiger charge is 2.09. The molecule has 0 N–H and O–H groups in total. The Balaban J connectivity index is 2.94. The Morgan fingerprint density at radius 1 is 1.25 bits per heavy atom. The summed E-state index contributed by atoms with van der Waals surface area (Å²) in [6, 6.07) is 8.28. The van der Waals surface area contributed by atoms with Gasteiger partial charge in [-0.1, -0.05) is 46.3 Å². The van der Waals surface area contributed by atoms with Gasteiger partial charge in [-0.3, -0.25) is 0 Å². The molecule has 0 aliphatic rings. The Kier molecular flexibility index (Phi) is 3.07. The van der Waals surface area contributed by atoms with Crippen molar-refractivity contribution < 1.29 is 14.4 Å². The van der Waals surface area contributed by atoms with Crippen LogP contribution in [-0.4, -0.2) is 0 Å². The average Bonchev–Trinajstić information content (AvgIpc) is 2.03. The third-order valence-corrected chi connectivity index (χ3v) is 4.24. The molecule has 1 aromatic rings. The summed E-state index contributed by atoms with van der Waals surface area (Å²) in [5, 5.41) is 0. The van der Waals surface area contributed by atoms with Crippen LogP contribution in [0, 0.1) is 0 Å². The topological polar surface area (TPSA) is 63.2 Å². The van der Waals surface area contributed by atoms with E-state index in [-0.39, 0.29) is 0 Å². The minimum Gasteiger partial charge on any atom is -0.810 e. The highest BCUT2D eigenvalue weighted by molar-refractivity contribution is 9.10. The molecule has 5 heteroatoms. The van der Waals surface area contributed by atoms with Crippen LogP contribution >= 0.6 is 23.5 Å². The molecular formula is C7H6BrO3P-2. The summed E-state index contributed by atoms with van der Waals surface area (Å²) >= 11 is 2.82. The number of halogens is 1. The van der Waals surface area contributed by atoms with Crippen LogP contribution in [0.2, 0.25) is 0 Å². The number of hydrogen-bond donors (Lipinski definition) is 0. The Hall–Kier alpha value is -0.150. The Morgan fingerprint density at radius 2 is 1.75 bits per heavy atom. The molecule has 66 valence electrons. The van der Waals surface area contributed by atoms with Crippen LogP contribution in [-0.2, 0) is 4.57 Å². The number of benzene rings is 1. The lowest BCUT2D eigenvalue weighted by Crippen LogP contribution is -2.17. The molecule has 0 spiro atoms. The predicted octanol–water partition coefficient (Wildman–Crippen LogP) is 0.994. The molecule has 0 saturated carbocycles. The van der Waals surface area contributed by atoms with Gasteiger partial charge in [0.2, 0.25) is 0 Å². The van der Waals surface area contributed by atoms with E-state index in [1.165, 1.54) is 0 Å². The van der Waals surface area contributed by atoms with E-state index in [9.17, 15) is 14.4 Å². The molecular weight excluding hydrogens is 243 g/mol. The molecule has 0 bridgehead atoms. The standard InChI is InChI=1S/C7H8BrO3P/c8-7(12(9,10)11)6-4-2-1-3-5-6/h1-5,7H,(H2,9,10,11)/p-2. The van der Waals surface area contributed by atoms with Crippen LogP contribution in [0.5, 0.6) is 0 Å². The summed E-state index contributed by atoms with van der Waals surface area (Å²) in [5.74, 6) is 0. The SMILES string of the molecule is O=P([O-])([O-])C(Br)c1ccccc1. The van der Waals surface area contributed by atoms with Crippen molar-refractivity contribution in [3.05, 3.63) is 35.9 Å². The van der Waals surface area contributed by atoms with Crippen molar-refractivity contribution in [2.45, 2.75) is 4.57 Å². The van der Waals surface area contributed by atoms with Crippen molar-refractivity contribution in [2.24, 2.45) is 0 Å². The zero-order valence-corrected chi connectivity index (χ0v) is 8.49. The molecule has 1 unspecified atom stereocenters. The van der Waals surface area contributed by atoms with Gasteiger partial charge in [0.15, 0.2) is 0 Å². The molecule has 12 heavy (non-hydrogen) atoms. The fraction of sp³-hybridized carbons (Fsp3) is 0.143. The van der Waals surface area contributed by atoms with E-state index in [0.29, 0.717) is 5.56 Å². The van der Waals surface area contributed by atoms with Crippen molar-refractivity contribution in [1.82, 2.24) is 0 Å². The minimum atomic E-state index is -4.56. The molecule has 3 nitrogen and oxygen atoms in total. The predicted molar refractivity (Wildman–Crippen MR) is 45.7 cm³/mol. The fourth-order valence-electron chi connectivity index (χ4n) is 0.794. The lowest BCUT2D eigenvalue weighted by Gasteiger charge is -2.34. The van der Waals surface area contributed by atoms with E-state index in [4.69, 9.17) is 0 Å². The quantitative estimate of drug-likeness (QED) is 0.580. The Labute approximate surface area is 78.7 Å². The summed E-state index contributed by atoms with van der Waals surface area (Å²) in [6.07, 6.45) is 0. The van der Waals surface area contributed by atoms with Crippen LogP contribution in [0.15, 0.2) is 30.3 Å². The third kappa shape index (κ3) is 2.42. The molecule has 1 aromatic carbocycles. The van der Waals surface area contributed by atoms with Crippen molar-refractivity contribution in [3.8, 4) is 0 Å². The first-order valence-electron chi connectivity index (χ1n) is 3.22. The van der Waals surface area contributed by atoms with E-state index in [1.807, 2.05) is 0 Å². The third-order valence-electron chi connectivity index (χ3n) is 1.35.